The fourth-order valence-corrected chi connectivity index (χ4v) is 1.64. The molecule has 80 valence electrons. The van der Waals surface area contributed by atoms with E-state index in [1.54, 1.807) is 0 Å². The molecule has 6 heteroatoms. The Hall–Kier alpha value is -1.20. The number of halogens is 2. The molecular weight excluding hydrogens is 198 g/mol. The van der Waals surface area contributed by atoms with Crippen molar-refractivity contribution in [1.29, 1.82) is 0 Å². The Bertz CT molecular complexity index is 256. The number of rotatable bonds is 4. The lowest BCUT2D eigenvalue weighted by molar-refractivity contribution is -0.164. The van der Waals surface area contributed by atoms with Crippen LogP contribution >= 0.6 is 0 Å². The molecule has 0 heterocycles. The summed E-state index contributed by atoms with van der Waals surface area (Å²) in [4.78, 5) is 20.8. The van der Waals surface area contributed by atoms with Gasteiger partial charge in [-0.1, -0.05) is 0 Å². The zero-order valence-corrected chi connectivity index (χ0v) is 7.24. The minimum atomic E-state index is -2.81. The van der Waals surface area contributed by atoms with Gasteiger partial charge in [0.25, 0.3) is 0 Å². The van der Waals surface area contributed by atoms with Crippen molar-refractivity contribution in [3.8, 4) is 0 Å². The number of hydrogen-bond acceptors (Lipinski definition) is 2. The smallest absolute Gasteiger partial charge is 0.307 e. The summed E-state index contributed by atoms with van der Waals surface area (Å²) in [5.74, 6) is -7.29. The summed E-state index contributed by atoms with van der Waals surface area (Å²) in [6, 6.07) is 0. The molecule has 0 aromatic carbocycles. The van der Waals surface area contributed by atoms with Crippen molar-refractivity contribution in [3.05, 3.63) is 0 Å². The third kappa shape index (κ3) is 2.40. The second-order valence-corrected chi connectivity index (χ2v) is 3.57. The number of aliphatic carboxylic acids is 2. The van der Waals surface area contributed by atoms with Crippen LogP contribution in [0.5, 0.6) is 0 Å². The van der Waals surface area contributed by atoms with Crippen LogP contribution in [0.4, 0.5) is 8.78 Å². The molecule has 0 saturated heterocycles. The topological polar surface area (TPSA) is 74.6 Å². The van der Waals surface area contributed by atoms with Gasteiger partial charge in [0.1, 0.15) is 0 Å². The van der Waals surface area contributed by atoms with E-state index in [1.807, 2.05) is 0 Å². The van der Waals surface area contributed by atoms with Crippen LogP contribution in [0.3, 0.4) is 0 Å². The molecule has 0 amide bonds. The Kier molecular flexibility index (Phi) is 2.73. The van der Waals surface area contributed by atoms with Gasteiger partial charge >= 0.3 is 11.9 Å². The van der Waals surface area contributed by atoms with E-state index in [1.165, 1.54) is 0 Å². The summed E-state index contributed by atoms with van der Waals surface area (Å²) < 4.78 is 24.8. The molecule has 0 aliphatic heterocycles. The van der Waals surface area contributed by atoms with Crippen LogP contribution in [0.15, 0.2) is 0 Å². The standard InChI is InChI=1S/C8H10F2O4/c9-8(10)2-4(3-8)5(7(13)14)1-6(11)12/h4-5H,1-3H2,(H,11,12)(H,13,14). The summed E-state index contributed by atoms with van der Waals surface area (Å²) in [6.45, 7) is 0. The minimum absolute atomic E-state index is 0.517. The molecule has 0 bridgehead atoms. The predicted molar refractivity (Wildman–Crippen MR) is 41.0 cm³/mol. The molecule has 1 unspecified atom stereocenters. The molecule has 2 N–H and O–H groups in total. The second-order valence-electron chi connectivity index (χ2n) is 3.57. The third-order valence-electron chi connectivity index (χ3n) is 2.40. The first-order valence-corrected chi connectivity index (χ1v) is 4.14. The monoisotopic (exact) mass is 208 g/mol. The van der Waals surface area contributed by atoms with Crippen LogP contribution in [-0.2, 0) is 9.59 Å². The zero-order chi connectivity index (χ0) is 10.9. The molecule has 0 radical (unpaired) electrons. The number of hydrogen-bond donors (Lipinski definition) is 2. The molecule has 1 atom stereocenters. The molecule has 4 nitrogen and oxygen atoms in total. The molecule has 1 fully saturated rings. The highest BCUT2D eigenvalue weighted by Gasteiger charge is 2.50. The summed E-state index contributed by atoms with van der Waals surface area (Å²) in [5.41, 5.74) is 0. The normalized spacial score (nSPS) is 22.4. The van der Waals surface area contributed by atoms with Crippen LogP contribution in [0.1, 0.15) is 19.3 Å². The van der Waals surface area contributed by atoms with Crippen molar-refractivity contribution in [2.24, 2.45) is 11.8 Å². The van der Waals surface area contributed by atoms with E-state index < -0.39 is 49.0 Å². The zero-order valence-electron chi connectivity index (χ0n) is 7.24. The maximum Gasteiger partial charge on any atom is 0.307 e. The average Bonchev–Trinajstić information content (AvgIpc) is 1.94. The van der Waals surface area contributed by atoms with Gasteiger partial charge < -0.3 is 10.2 Å². The lowest BCUT2D eigenvalue weighted by atomic mass is 9.72. The quantitative estimate of drug-likeness (QED) is 0.728. The first kappa shape index (κ1) is 10.9. The van der Waals surface area contributed by atoms with Crippen LogP contribution in [0, 0.1) is 11.8 Å². The molecule has 0 aromatic heterocycles. The van der Waals surface area contributed by atoms with E-state index in [4.69, 9.17) is 10.2 Å². The third-order valence-corrected chi connectivity index (χ3v) is 2.40. The molecule has 1 saturated carbocycles. The number of alkyl halides is 2. The molecule has 0 spiro atoms. The molecule has 1 aliphatic carbocycles. The van der Waals surface area contributed by atoms with Gasteiger partial charge in [0, 0.05) is 12.8 Å². The van der Waals surface area contributed by atoms with Gasteiger partial charge in [0.15, 0.2) is 0 Å². The lowest BCUT2D eigenvalue weighted by Crippen LogP contribution is -2.42. The number of carboxylic acid groups (broad SMARTS) is 2. The first-order chi connectivity index (χ1) is 6.32. The van der Waals surface area contributed by atoms with E-state index in [2.05, 4.69) is 0 Å². The SMILES string of the molecule is O=C(O)CC(C(=O)O)C1CC(F)(F)C1. The van der Waals surface area contributed by atoms with Crippen molar-refractivity contribution >= 4 is 11.9 Å². The van der Waals surface area contributed by atoms with E-state index in [-0.39, 0.29) is 0 Å². The fourth-order valence-electron chi connectivity index (χ4n) is 1.64. The van der Waals surface area contributed by atoms with E-state index in [0.717, 1.165) is 0 Å². The average molecular weight is 208 g/mol. The van der Waals surface area contributed by atoms with Gasteiger partial charge in [0.05, 0.1) is 12.3 Å². The van der Waals surface area contributed by atoms with Crippen molar-refractivity contribution in [2.45, 2.75) is 25.2 Å². The van der Waals surface area contributed by atoms with Crippen LogP contribution in [-0.4, -0.2) is 28.1 Å². The van der Waals surface area contributed by atoms with Crippen LogP contribution < -0.4 is 0 Å². The Morgan fingerprint density at radius 3 is 2.14 bits per heavy atom. The molecule has 14 heavy (non-hydrogen) atoms. The summed E-state index contributed by atoms with van der Waals surface area (Å²) in [7, 11) is 0. The predicted octanol–water partition coefficient (Wildman–Crippen LogP) is 1.21. The lowest BCUT2D eigenvalue weighted by Gasteiger charge is -2.37. The van der Waals surface area contributed by atoms with Gasteiger partial charge in [-0.15, -0.1) is 0 Å². The van der Waals surface area contributed by atoms with Crippen molar-refractivity contribution in [2.75, 3.05) is 0 Å². The highest BCUT2D eigenvalue weighted by atomic mass is 19.3. The molecular formula is C8H10F2O4. The second kappa shape index (κ2) is 3.51. The summed E-state index contributed by atoms with van der Waals surface area (Å²) in [6.07, 6.45) is -1.62. The van der Waals surface area contributed by atoms with Gasteiger partial charge in [-0.2, -0.15) is 0 Å². The van der Waals surface area contributed by atoms with Crippen molar-refractivity contribution in [1.82, 2.24) is 0 Å². The van der Waals surface area contributed by atoms with Crippen molar-refractivity contribution < 1.29 is 28.6 Å². The van der Waals surface area contributed by atoms with E-state index in [9.17, 15) is 18.4 Å². The largest absolute Gasteiger partial charge is 0.481 e. The number of carbonyl (C=O) groups is 2. The van der Waals surface area contributed by atoms with E-state index >= 15 is 0 Å². The first-order valence-electron chi connectivity index (χ1n) is 4.14. The fraction of sp³-hybridized carbons (Fsp3) is 0.750. The Labute approximate surface area is 78.5 Å². The number of carboxylic acids is 2. The highest BCUT2D eigenvalue weighted by Crippen LogP contribution is 2.46. The molecule has 1 rings (SSSR count). The highest BCUT2D eigenvalue weighted by molar-refractivity contribution is 5.78. The maximum absolute atomic E-state index is 12.4. The Balaban J connectivity index is 2.54. The maximum atomic E-state index is 12.4. The molecule has 0 aromatic rings. The summed E-state index contributed by atoms with van der Waals surface area (Å²) in [5, 5.41) is 17.0. The molecule has 1 aliphatic rings. The Morgan fingerprint density at radius 1 is 1.36 bits per heavy atom. The van der Waals surface area contributed by atoms with Gasteiger partial charge in [-0.25, -0.2) is 8.78 Å². The minimum Gasteiger partial charge on any atom is -0.481 e. The van der Waals surface area contributed by atoms with Crippen LogP contribution in [0.2, 0.25) is 0 Å². The van der Waals surface area contributed by atoms with Crippen molar-refractivity contribution in [3.63, 3.8) is 0 Å². The Morgan fingerprint density at radius 2 is 1.86 bits per heavy atom. The van der Waals surface area contributed by atoms with Gasteiger partial charge in [0.2, 0.25) is 5.92 Å². The van der Waals surface area contributed by atoms with Gasteiger partial charge in [-0.3, -0.25) is 9.59 Å². The summed E-state index contributed by atoms with van der Waals surface area (Å²) >= 11 is 0. The van der Waals surface area contributed by atoms with E-state index in [0.29, 0.717) is 0 Å². The van der Waals surface area contributed by atoms with Crippen LogP contribution in [0.25, 0.3) is 0 Å². The van der Waals surface area contributed by atoms with Gasteiger partial charge in [-0.05, 0) is 5.92 Å².